The average molecular weight is 567 g/mol. The maximum absolute atomic E-state index is 12.9. The molecule has 38 heavy (non-hydrogen) atoms. The van der Waals surface area contributed by atoms with Gasteiger partial charge in [-0.1, -0.05) is 40.2 Å². The predicted molar refractivity (Wildman–Crippen MR) is 139 cm³/mol. The Morgan fingerprint density at radius 1 is 1.18 bits per heavy atom. The maximum Gasteiger partial charge on any atom is 0.435 e. The van der Waals surface area contributed by atoms with Gasteiger partial charge in [-0.3, -0.25) is 9.48 Å². The second kappa shape index (κ2) is 10.9. The summed E-state index contributed by atoms with van der Waals surface area (Å²) in [4.78, 5) is 28.1. The van der Waals surface area contributed by atoms with E-state index < -0.39 is 11.9 Å². The molecule has 202 valence electrons. The zero-order valence-electron chi connectivity index (χ0n) is 20.7. The van der Waals surface area contributed by atoms with Crippen LogP contribution >= 0.6 is 22.9 Å². The second-order valence-electron chi connectivity index (χ2n) is 9.26. The van der Waals surface area contributed by atoms with Crippen molar-refractivity contribution in [2.45, 2.75) is 45.5 Å². The normalized spacial score (nSPS) is 17.1. The lowest BCUT2D eigenvalue weighted by molar-refractivity contribution is -0.142. The van der Waals surface area contributed by atoms with Crippen LogP contribution in [-0.2, 0) is 35.4 Å². The van der Waals surface area contributed by atoms with Gasteiger partial charge in [-0.15, -0.1) is 0 Å². The molecule has 1 aromatic carbocycles. The Kier molecular flexibility index (Phi) is 7.62. The van der Waals surface area contributed by atoms with Crippen LogP contribution in [-0.4, -0.2) is 57.5 Å². The van der Waals surface area contributed by atoms with Gasteiger partial charge < -0.3 is 14.6 Å². The Bertz CT molecular complexity index is 1350. The number of rotatable bonds is 6. The van der Waals surface area contributed by atoms with Crippen LogP contribution in [0.15, 0.2) is 35.5 Å². The Morgan fingerprint density at radius 3 is 2.68 bits per heavy atom. The lowest BCUT2D eigenvalue weighted by Gasteiger charge is -2.34. The Labute approximate surface area is 226 Å². The lowest BCUT2D eigenvalue weighted by Crippen LogP contribution is -2.49. The van der Waals surface area contributed by atoms with E-state index in [1.54, 1.807) is 16.2 Å². The number of halogens is 4. The zero-order chi connectivity index (χ0) is 26.9. The number of oxime groups is 1. The SMILES string of the molecule is Cc1cc(C(F)(F)F)nn1CC(=O)N1CCN(c2nc3c(s2)C(=NOCc2cccc(Cl)c2)CCC3)CC1. The van der Waals surface area contributed by atoms with Crippen molar-refractivity contribution in [3.63, 3.8) is 0 Å². The largest absolute Gasteiger partial charge is 0.435 e. The minimum atomic E-state index is -4.54. The molecule has 1 aliphatic carbocycles. The topological polar surface area (TPSA) is 75.9 Å². The van der Waals surface area contributed by atoms with E-state index in [1.165, 1.54) is 6.92 Å². The van der Waals surface area contributed by atoms with Crippen molar-refractivity contribution in [2.75, 3.05) is 31.1 Å². The molecule has 1 amide bonds. The van der Waals surface area contributed by atoms with E-state index in [4.69, 9.17) is 21.4 Å². The predicted octanol–water partition coefficient (Wildman–Crippen LogP) is 4.93. The van der Waals surface area contributed by atoms with Crippen LogP contribution in [0.2, 0.25) is 5.02 Å². The molecule has 0 atom stereocenters. The van der Waals surface area contributed by atoms with Crippen molar-refractivity contribution in [1.29, 1.82) is 0 Å². The molecule has 0 radical (unpaired) electrons. The fraction of sp³-hybridized carbons (Fsp3) is 0.440. The summed E-state index contributed by atoms with van der Waals surface area (Å²) in [5.74, 6) is -0.255. The van der Waals surface area contributed by atoms with Crippen LogP contribution in [0.4, 0.5) is 18.3 Å². The molecule has 1 saturated heterocycles. The zero-order valence-corrected chi connectivity index (χ0v) is 22.2. The third-order valence-electron chi connectivity index (χ3n) is 6.53. The number of amides is 1. The van der Waals surface area contributed by atoms with Crippen LogP contribution in [0.5, 0.6) is 0 Å². The molecular weight excluding hydrogens is 541 g/mol. The number of alkyl halides is 3. The summed E-state index contributed by atoms with van der Waals surface area (Å²) in [6.07, 6.45) is -1.90. The quantitative estimate of drug-likeness (QED) is 0.396. The van der Waals surface area contributed by atoms with Crippen LogP contribution in [0.25, 0.3) is 0 Å². The molecule has 0 bridgehead atoms. The lowest BCUT2D eigenvalue weighted by atomic mass is 10.0. The summed E-state index contributed by atoms with van der Waals surface area (Å²) in [5, 5.41) is 9.50. The van der Waals surface area contributed by atoms with Gasteiger partial charge in [0.05, 0.1) is 16.3 Å². The highest BCUT2D eigenvalue weighted by Crippen LogP contribution is 2.33. The number of carbonyl (C=O) groups is 1. The number of aromatic nitrogens is 3. The molecule has 3 heterocycles. The number of hydrogen-bond donors (Lipinski definition) is 0. The van der Waals surface area contributed by atoms with E-state index in [2.05, 4.69) is 15.2 Å². The molecule has 0 spiro atoms. The first-order chi connectivity index (χ1) is 18.2. The highest BCUT2D eigenvalue weighted by molar-refractivity contribution is 7.17. The molecular formula is C25H26ClF3N6O2S. The number of benzene rings is 1. The third-order valence-corrected chi connectivity index (χ3v) is 7.97. The van der Waals surface area contributed by atoms with Crippen molar-refractivity contribution < 1.29 is 22.8 Å². The molecule has 0 saturated carbocycles. The van der Waals surface area contributed by atoms with E-state index >= 15 is 0 Å². The minimum Gasteiger partial charge on any atom is -0.391 e. The van der Waals surface area contributed by atoms with Crippen LogP contribution in [0.3, 0.4) is 0 Å². The average Bonchev–Trinajstić information content (AvgIpc) is 3.48. The van der Waals surface area contributed by atoms with Gasteiger partial charge >= 0.3 is 6.18 Å². The van der Waals surface area contributed by atoms with Gasteiger partial charge in [-0.25, -0.2) is 4.98 Å². The highest BCUT2D eigenvalue weighted by atomic mass is 35.5. The molecule has 1 fully saturated rings. The summed E-state index contributed by atoms with van der Waals surface area (Å²) < 4.78 is 39.9. The highest BCUT2D eigenvalue weighted by Gasteiger charge is 2.35. The van der Waals surface area contributed by atoms with E-state index in [9.17, 15) is 18.0 Å². The molecule has 2 aliphatic rings. The second-order valence-corrected chi connectivity index (χ2v) is 10.7. The van der Waals surface area contributed by atoms with E-state index in [-0.39, 0.29) is 12.5 Å². The molecule has 5 rings (SSSR count). The Morgan fingerprint density at radius 2 is 1.97 bits per heavy atom. The smallest absolute Gasteiger partial charge is 0.391 e. The van der Waals surface area contributed by atoms with Crippen LogP contribution in [0, 0.1) is 6.92 Å². The molecule has 0 N–H and O–H groups in total. The van der Waals surface area contributed by atoms with Gasteiger partial charge in [0, 0.05) is 36.9 Å². The molecule has 2 aromatic heterocycles. The fourth-order valence-corrected chi connectivity index (χ4v) is 5.87. The standard InChI is InChI=1S/C25H26ClF3N6O2S/c1-16-12-21(25(27,28)29)31-35(16)14-22(36)33-8-10-34(11-9-33)24-30-19-6-3-7-20(23(19)38-24)32-37-15-17-4-2-5-18(26)13-17/h2,4-5,12-13H,3,6-11,14-15H2,1H3. The number of piperazine rings is 1. The van der Waals surface area contributed by atoms with Gasteiger partial charge in [-0.2, -0.15) is 18.3 Å². The van der Waals surface area contributed by atoms with Crippen molar-refractivity contribution in [1.82, 2.24) is 19.7 Å². The summed E-state index contributed by atoms with van der Waals surface area (Å²) >= 11 is 7.61. The summed E-state index contributed by atoms with van der Waals surface area (Å²) in [6.45, 7) is 3.71. The van der Waals surface area contributed by atoms with Crippen molar-refractivity contribution in [3.8, 4) is 0 Å². The molecule has 0 unspecified atom stereocenters. The number of thiazole rings is 1. The van der Waals surface area contributed by atoms with E-state index in [0.717, 1.165) is 57.0 Å². The first-order valence-electron chi connectivity index (χ1n) is 12.2. The summed E-state index contributed by atoms with van der Waals surface area (Å²) in [6, 6.07) is 8.42. The van der Waals surface area contributed by atoms with E-state index in [1.807, 2.05) is 24.3 Å². The van der Waals surface area contributed by atoms with Gasteiger partial charge in [0.2, 0.25) is 5.91 Å². The maximum atomic E-state index is 12.9. The molecule has 3 aromatic rings. The first-order valence-corrected chi connectivity index (χ1v) is 13.4. The summed E-state index contributed by atoms with van der Waals surface area (Å²) in [5.41, 5.74) is 2.15. The van der Waals surface area contributed by atoms with Crippen LogP contribution in [0.1, 0.15) is 40.4 Å². The van der Waals surface area contributed by atoms with Gasteiger partial charge in [0.25, 0.3) is 0 Å². The number of fused-ring (bicyclic) bond motifs is 1. The summed E-state index contributed by atoms with van der Waals surface area (Å²) in [7, 11) is 0. The number of hydrogen-bond acceptors (Lipinski definition) is 7. The van der Waals surface area contributed by atoms with Gasteiger partial charge in [0.1, 0.15) is 13.2 Å². The molecule has 1 aliphatic heterocycles. The monoisotopic (exact) mass is 566 g/mol. The Balaban J connectivity index is 1.18. The van der Waals surface area contributed by atoms with Crippen LogP contribution < -0.4 is 4.90 Å². The van der Waals surface area contributed by atoms with Crippen molar-refractivity contribution in [2.24, 2.45) is 5.16 Å². The fourth-order valence-electron chi connectivity index (χ4n) is 4.49. The van der Waals surface area contributed by atoms with Gasteiger partial charge in [0.15, 0.2) is 10.8 Å². The number of aryl methyl sites for hydroxylation is 2. The van der Waals surface area contributed by atoms with Gasteiger partial charge in [-0.05, 0) is 49.9 Å². The van der Waals surface area contributed by atoms with Crippen molar-refractivity contribution >= 4 is 39.7 Å². The number of carbonyl (C=O) groups excluding carboxylic acids is 1. The number of anilines is 1. The van der Waals surface area contributed by atoms with E-state index in [0.29, 0.717) is 43.5 Å². The first kappa shape index (κ1) is 26.5. The minimum absolute atomic E-state index is 0.220. The molecule has 13 heteroatoms. The third kappa shape index (κ3) is 5.96. The Hall–Kier alpha value is -3.12. The number of nitrogens with zero attached hydrogens (tertiary/aromatic N) is 6. The molecule has 8 nitrogen and oxygen atoms in total. The van der Waals surface area contributed by atoms with Crippen molar-refractivity contribution in [3.05, 3.63) is 62.9 Å².